The maximum Gasteiger partial charge on any atom is 0.335 e. The molecule has 2 rings (SSSR count). The number of nitriles is 1. The van der Waals surface area contributed by atoms with Crippen molar-refractivity contribution in [1.82, 2.24) is 0 Å². The molecule has 0 unspecified atom stereocenters. The Kier molecular flexibility index (Phi) is 4.42. The third-order valence-corrected chi connectivity index (χ3v) is 2.93. The molecule has 21 heavy (non-hydrogen) atoms. The lowest BCUT2D eigenvalue weighted by atomic mass is 10.1. The molecule has 0 aromatic heterocycles. The second-order valence-corrected chi connectivity index (χ2v) is 4.23. The van der Waals surface area contributed by atoms with E-state index < -0.39 is 5.97 Å². The molecule has 0 amide bonds. The number of hydrogen-bond acceptors (Lipinski definition) is 4. The Morgan fingerprint density at radius 3 is 2.67 bits per heavy atom. The standard InChI is InChI=1S/C16H13NO4/c1-20-14-7-6-11(16(18)19)8-15(14)21-10-13-5-3-2-4-12(13)9-17/h2-8H,10H2,1H3,(H,18,19). The lowest BCUT2D eigenvalue weighted by Gasteiger charge is -2.12. The summed E-state index contributed by atoms with van der Waals surface area (Å²) in [4.78, 5) is 11.0. The molecule has 0 fully saturated rings. The molecule has 5 nitrogen and oxygen atoms in total. The van der Waals surface area contributed by atoms with Crippen LogP contribution in [0.1, 0.15) is 21.5 Å². The van der Waals surface area contributed by atoms with Gasteiger partial charge in [-0.05, 0) is 24.3 Å². The molecular weight excluding hydrogens is 270 g/mol. The average molecular weight is 283 g/mol. The molecule has 0 atom stereocenters. The largest absolute Gasteiger partial charge is 0.493 e. The minimum atomic E-state index is -1.04. The zero-order chi connectivity index (χ0) is 15.2. The summed E-state index contributed by atoms with van der Waals surface area (Å²) in [5.41, 5.74) is 1.35. The van der Waals surface area contributed by atoms with E-state index in [-0.39, 0.29) is 12.2 Å². The van der Waals surface area contributed by atoms with E-state index in [1.807, 2.05) is 6.07 Å². The minimum absolute atomic E-state index is 0.111. The summed E-state index contributed by atoms with van der Waals surface area (Å²) in [5, 5.41) is 18.0. The van der Waals surface area contributed by atoms with E-state index in [9.17, 15) is 4.79 Å². The predicted molar refractivity (Wildman–Crippen MR) is 75.4 cm³/mol. The van der Waals surface area contributed by atoms with E-state index in [0.717, 1.165) is 5.56 Å². The van der Waals surface area contributed by atoms with Crippen molar-refractivity contribution in [2.24, 2.45) is 0 Å². The highest BCUT2D eigenvalue weighted by Crippen LogP contribution is 2.29. The number of methoxy groups -OCH3 is 1. The highest BCUT2D eigenvalue weighted by atomic mass is 16.5. The fraction of sp³-hybridized carbons (Fsp3) is 0.125. The van der Waals surface area contributed by atoms with Gasteiger partial charge in [0.25, 0.3) is 0 Å². The predicted octanol–water partition coefficient (Wildman–Crippen LogP) is 2.84. The van der Waals surface area contributed by atoms with E-state index in [4.69, 9.17) is 19.8 Å². The van der Waals surface area contributed by atoms with Crippen LogP contribution in [0.5, 0.6) is 11.5 Å². The van der Waals surface area contributed by atoms with Gasteiger partial charge >= 0.3 is 5.97 Å². The van der Waals surface area contributed by atoms with Crippen LogP contribution in [0.15, 0.2) is 42.5 Å². The number of benzene rings is 2. The quantitative estimate of drug-likeness (QED) is 0.912. The van der Waals surface area contributed by atoms with Gasteiger partial charge in [0.15, 0.2) is 11.5 Å². The summed E-state index contributed by atoms with van der Waals surface area (Å²) in [5.74, 6) is -0.278. The number of carboxylic acids is 1. The molecule has 2 aromatic carbocycles. The molecule has 0 radical (unpaired) electrons. The lowest BCUT2D eigenvalue weighted by Crippen LogP contribution is -2.02. The van der Waals surface area contributed by atoms with Gasteiger partial charge in [-0.2, -0.15) is 5.26 Å². The van der Waals surface area contributed by atoms with Gasteiger partial charge in [-0.25, -0.2) is 4.79 Å². The zero-order valence-electron chi connectivity index (χ0n) is 11.4. The van der Waals surface area contributed by atoms with Gasteiger partial charge in [-0.1, -0.05) is 18.2 Å². The molecular formula is C16H13NO4. The van der Waals surface area contributed by atoms with E-state index >= 15 is 0 Å². The van der Waals surface area contributed by atoms with Crippen LogP contribution in [0.3, 0.4) is 0 Å². The summed E-state index contributed by atoms with van der Waals surface area (Å²) >= 11 is 0. The van der Waals surface area contributed by atoms with Crippen molar-refractivity contribution >= 4 is 5.97 Å². The van der Waals surface area contributed by atoms with Crippen LogP contribution >= 0.6 is 0 Å². The van der Waals surface area contributed by atoms with Gasteiger partial charge in [0, 0.05) is 5.56 Å². The second kappa shape index (κ2) is 6.44. The minimum Gasteiger partial charge on any atom is -0.493 e. The Morgan fingerprint density at radius 2 is 2.00 bits per heavy atom. The molecule has 0 spiro atoms. The van der Waals surface area contributed by atoms with Crippen LogP contribution in [-0.2, 0) is 6.61 Å². The first-order valence-corrected chi connectivity index (χ1v) is 6.18. The highest BCUT2D eigenvalue weighted by molar-refractivity contribution is 5.88. The zero-order valence-corrected chi connectivity index (χ0v) is 11.4. The number of aromatic carboxylic acids is 1. The summed E-state index contributed by atoms with van der Waals surface area (Å²) < 4.78 is 10.8. The third kappa shape index (κ3) is 3.31. The molecule has 5 heteroatoms. The first-order chi connectivity index (χ1) is 10.2. The maximum atomic E-state index is 11.0. The topological polar surface area (TPSA) is 79.6 Å². The number of nitrogens with zero attached hydrogens (tertiary/aromatic N) is 1. The van der Waals surface area contributed by atoms with E-state index in [1.165, 1.54) is 25.3 Å². The molecule has 0 aliphatic heterocycles. The van der Waals surface area contributed by atoms with Crippen molar-refractivity contribution < 1.29 is 19.4 Å². The fourth-order valence-corrected chi connectivity index (χ4v) is 1.83. The van der Waals surface area contributed by atoms with E-state index in [2.05, 4.69) is 6.07 Å². The molecule has 1 N–H and O–H groups in total. The summed E-state index contributed by atoms with van der Waals surface area (Å²) in [6.45, 7) is 0.156. The number of rotatable bonds is 5. The van der Waals surface area contributed by atoms with Crippen molar-refractivity contribution in [3.63, 3.8) is 0 Å². The smallest absolute Gasteiger partial charge is 0.335 e. The first kappa shape index (κ1) is 14.4. The summed E-state index contributed by atoms with van der Waals surface area (Å²) in [6, 6.07) is 13.5. The Balaban J connectivity index is 2.25. The Bertz CT molecular complexity index is 704. The number of hydrogen-bond donors (Lipinski definition) is 1. The maximum absolute atomic E-state index is 11.0. The van der Waals surface area contributed by atoms with Crippen LogP contribution < -0.4 is 9.47 Å². The molecule has 0 bridgehead atoms. The van der Waals surface area contributed by atoms with Crippen LogP contribution in [0, 0.1) is 11.3 Å². The van der Waals surface area contributed by atoms with Crippen LogP contribution in [-0.4, -0.2) is 18.2 Å². The van der Waals surface area contributed by atoms with Crippen molar-refractivity contribution in [3.05, 3.63) is 59.2 Å². The van der Waals surface area contributed by atoms with Crippen LogP contribution in [0.4, 0.5) is 0 Å². The monoisotopic (exact) mass is 283 g/mol. The van der Waals surface area contributed by atoms with Gasteiger partial charge < -0.3 is 14.6 Å². The van der Waals surface area contributed by atoms with Gasteiger partial charge in [0.1, 0.15) is 6.61 Å². The average Bonchev–Trinajstić information content (AvgIpc) is 2.52. The lowest BCUT2D eigenvalue weighted by molar-refractivity contribution is 0.0696. The van der Waals surface area contributed by atoms with E-state index in [1.54, 1.807) is 18.2 Å². The van der Waals surface area contributed by atoms with Gasteiger partial charge in [-0.3, -0.25) is 0 Å². The van der Waals surface area contributed by atoms with Crippen molar-refractivity contribution in [3.8, 4) is 17.6 Å². The van der Waals surface area contributed by atoms with Crippen LogP contribution in [0.25, 0.3) is 0 Å². The molecule has 0 aliphatic carbocycles. The number of carboxylic acid groups (broad SMARTS) is 1. The SMILES string of the molecule is COc1ccc(C(=O)O)cc1OCc1ccccc1C#N. The molecule has 2 aromatic rings. The van der Waals surface area contributed by atoms with Gasteiger partial charge in [0.2, 0.25) is 0 Å². The van der Waals surface area contributed by atoms with Gasteiger partial charge in [-0.15, -0.1) is 0 Å². The van der Waals surface area contributed by atoms with Crippen LogP contribution in [0.2, 0.25) is 0 Å². The highest BCUT2D eigenvalue weighted by Gasteiger charge is 2.11. The molecule has 0 heterocycles. The van der Waals surface area contributed by atoms with Crippen molar-refractivity contribution in [1.29, 1.82) is 5.26 Å². The second-order valence-electron chi connectivity index (χ2n) is 4.23. The molecule has 0 saturated heterocycles. The molecule has 0 saturated carbocycles. The Morgan fingerprint density at radius 1 is 1.24 bits per heavy atom. The number of carbonyl (C=O) groups is 1. The first-order valence-electron chi connectivity index (χ1n) is 6.18. The van der Waals surface area contributed by atoms with Crippen molar-refractivity contribution in [2.45, 2.75) is 6.61 Å². The fourth-order valence-electron chi connectivity index (χ4n) is 1.83. The van der Waals surface area contributed by atoms with Gasteiger partial charge in [0.05, 0.1) is 24.3 Å². The number of ether oxygens (including phenoxy) is 2. The third-order valence-electron chi connectivity index (χ3n) is 2.93. The molecule has 0 aliphatic rings. The Hall–Kier alpha value is -3.00. The Labute approximate surface area is 122 Å². The normalized spacial score (nSPS) is 9.71. The van der Waals surface area contributed by atoms with E-state index in [0.29, 0.717) is 17.1 Å². The summed E-state index contributed by atoms with van der Waals surface area (Å²) in [7, 11) is 1.48. The summed E-state index contributed by atoms with van der Waals surface area (Å²) in [6.07, 6.45) is 0. The van der Waals surface area contributed by atoms with Crippen molar-refractivity contribution in [2.75, 3.05) is 7.11 Å². The molecule has 106 valence electrons.